The van der Waals surface area contributed by atoms with E-state index in [1.54, 1.807) is 0 Å². The van der Waals surface area contributed by atoms with Gasteiger partial charge in [-0.15, -0.1) is 11.3 Å². The molecule has 0 spiro atoms. The average molecular weight is 333 g/mol. The van der Waals surface area contributed by atoms with E-state index in [2.05, 4.69) is 38.0 Å². The molecule has 0 aromatic carbocycles. The van der Waals surface area contributed by atoms with Gasteiger partial charge in [0.25, 0.3) is 0 Å². The maximum absolute atomic E-state index is 11.1. The molecule has 23 heavy (non-hydrogen) atoms. The largest absolute Gasteiger partial charge is 0.302 e. The van der Waals surface area contributed by atoms with Gasteiger partial charge in [-0.25, -0.2) is 4.98 Å². The fraction of sp³-hybridized carbons (Fsp3) is 0.562. The maximum atomic E-state index is 11.1. The first-order valence-electron chi connectivity index (χ1n) is 7.98. The summed E-state index contributed by atoms with van der Waals surface area (Å²) in [5.41, 5.74) is 3.32. The number of likely N-dealkylation sites (tertiary alicyclic amines) is 1. The van der Waals surface area contributed by atoms with E-state index in [0.717, 1.165) is 31.0 Å². The van der Waals surface area contributed by atoms with Crippen LogP contribution in [0.4, 0.5) is 5.13 Å². The van der Waals surface area contributed by atoms with Crippen LogP contribution in [0.2, 0.25) is 0 Å². The Bertz CT molecular complexity index is 692. The van der Waals surface area contributed by atoms with Gasteiger partial charge in [-0.05, 0) is 39.3 Å². The molecule has 2 aromatic rings. The standard InChI is InChI=1S/C16H23N5OS/c1-11-7-12(2)21(19-11)9-15-5-4-6-20(15)8-14-10-23-16(18-14)17-13(3)22/h7,10,15H,4-6,8-9H2,1-3H3,(H,17,18,22)/t15-/m1/s1. The monoisotopic (exact) mass is 333 g/mol. The van der Waals surface area contributed by atoms with E-state index < -0.39 is 0 Å². The molecule has 0 saturated carbocycles. The Morgan fingerprint density at radius 3 is 3.00 bits per heavy atom. The summed E-state index contributed by atoms with van der Waals surface area (Å²) in [6.07, 6.45) is 2.41. The fourth-order valence-corrected chi connectivity index (χ4v) is 3.91. The summed E-state index contributed by atoms with van der Waals surface area (Å²) >= 11 is 1.48. The molecule has 6 nitrogen and oxygen atoms in total. The van der Waals surface area contributed by atoms with Crippen LogP contribution < -0.4 is 5.32 Å². The second-order valence-electron chi connectivity index (χ2n) is 6.20. The molecule has 3 rings (SSSR count). The number of carbonyl (C=O) groups excluding carboxylic acids is 1. The molecule has 1 atom stereocenters. The number of nitrogens with zero attached hydrogens (tertiary/aromatic N) is 4. The first-order valence-corrected chi connectivity index (χ1v) is 8.86. The van der Waals surface area contributed by atoms with Crippen LogP contribution >= 0.6 is 11.3 Å². The van der Waals surface area contributed by atoms with Gasteiger partial charge >= 0.3 is 0 Å². The highest BCUT2D eigenvalue weighted by atomic mass is 32.1. The quantitative estimate of drug-likeness (QED) is 0.913. The van der Waals surface area contributed by atoms with Crippen molar-refractivity contribution in [3.05, 3.63) is 28.5 Å². The van der Waals surface area contributed by atoms with E-state index in [1.165, 1.54) is 36.8 Å². The van der Waals surface area contributed by atoms with Crippen LogP contribution in [0.15, 0.2) is 11.4 Å². The van der Waals surface area contributed by atoms with Gasteiger partial charge in [-0.3, -0.25) is 14.4 Å². The van der Waals surface area contributed by atoms with Gasteiger partial charge in [-0.2, -0.15) is 5.10 Å². The van der Waals surface area contributed by atoms with E-state index in [-0.39, 0.29) is 5.91 Å². The number of aryl methyl sites for hydroxylation is 2. The lowest BCUT2D eigenvalue weighted by Crippen LogP contribution is -2.33. The average Bonchev–Trinajstić information content (AvgIpc) is 3.14. The van der Waals surface area contributed by atoms with Gasteiger partial charge in [0.05, 0.1) is 17.9 Å². The molecular formula is C16H23N5OS. The lowest BCUT2D eigenvalue weighted by atomic mass is 10.2. The molecule has 7 heteroatoms. The van der Waals surface area contributed by atoms with Crippen molar-refractivity contribution >= 4 is 22.4 Å². The molecule has 0 aliphatic carbocycles. The number of amides is 1. The van der Waals surface area contributed by atoms with E-state index >= 15 is 0 Å². The molecule has 2 aromatic heterocycles. The number of aromatic nitrogens is 3. The van der Waals surface area contributed by atoms with E-state index in [1.807, 2.05) is 12.3 Å². The zero-order valence-electron chi connectivity index (χ0n) is 13.9. The molecule has 1 amide bonds. The number of hydrogen-bond donors (Lipinski definition) is 1. The number of hydrogen-bond acceptors (Lipinski definition) is 5. The molecule has 124 valence electrons. The smallest absolute Gasteiger partial charge is 0.223 e. The minimum atomic E-state index is -0.0746. The second kappa shape index (κ2) is 6.80. The highest BCUT2D eigenvalue weighted by Gasteiger charge is 2.26. The van der Waals surface area contributed by atoms with Gasteiger partial charge in [0.1, 0.15) is 0 Å². The SMILES string of the molecule is CC(=O)Nc1nc(CN2CCC[C@@H]2Cn2nc(C)cc2C)cs1. The molecule has 1 fully saturated rings. The Morgan fingerprint density at radius 2 is 2.30 bits per heavy atom. The summed E-state index contributed by atoms with van der Waals surface area (Å²) in [6.45, 7) is 8.51. The van der Waals surface area contributed by atoms with E-state index in [9.17, 15) is 4.79 Å². The minimum absolute atomic E-state index is 0.0746. The lowest BCUT2D eigenvalue weighted by molar-refractivity contribution is -0.114. The van der Waals surface area contributed by atoms with Gasteiger partial charge in [0.15, 0.2) is 5.13 Å². The Labute approximate surface area is 140 Å². The number of thiazole rings is 1. The summed E-state index contributed by atoms with van der Waals surface area (Å²) in [5, 5.41) is 10.0. The van der Waals surface area contributed by atoms with Crippen molar-refractivity contribution in [2.24, 2.45) is 0 Å². The Balaban J connectivity index is 1.63. The Hall–Kier alpha value is -1.73. The molecule has 0 radical (unpaired) electrons. The Kier molecular flexibility index (Phi) is 4.77. The van der Waals surface area contributed by atoms with Crippen molar-refractivity contribution in [3.63, 3.8) is 0 Å². The highest BCUT2D eigenvalue weighted by molar-refractivity contribution is 7.13. The summed E-state index contributed by atoms with van der Waals surface area (Å²) in [5.74, 6) is -0.0746. The summed E-state index contributed by atoms with van der Waals surface area (Å²) in [6, 6.07) is 2.62. The van der Waals surface area contributed by atoms with Gasteiger partial charge in [-0.1, -0.05) is 0 Å². The molecule has 0 bridgehead atoms. The van der Waals surface area contributed by atoms with E-state index in [0.29, 0.717) is 11.2 Å². The summed E-state index contributed by atoms with van der Waals surface area (Å²) in [7, 11) is 0. The third kappa shape index (κ3) is 3.97. The molecule has 0 unspecified atom stereocenters. The van der Waals surface area contributed by atoms with Crippen molar-refractivity contribution < 1.29 is 4.79 Å². The van der Waals surface area contributed by atoms with Gasteiger partial charge < -0.3 is 5.32 Å². The van der Waals surface area contributed by atoms with Crippen LogP contribution in [0.5, 0.6) is 0 Å². The molecular weight excluding hydrogens is 310 g/mol. The van der Waals surface area contributed by atoms with Crippen LogP contribution in [0.25, 0.3) is 0 Å². The van der Waals surface area contributed by atoms with Gasteiger partial charge in [0.2, 0.25) is 5.91 Å². The van der Waals surface area contributed by atoms with Crippen molar-refractivity contribution in [1.29, 1.82) is 0 Å². The van der Waals surface area contributed by atoms with Crippen LogP contribution in [0.1, 0.15) is 36.8 Å². The molecule has 1 N–H and O–H groups in total. The third-order valence-electron chi connectivity index (χ3n) is 4.19. The normalized spacial score (nSPS) is 18.5. The van der Waals surface area contributed by atoms with Gasteiger partial charge in [0, 0.05) is 30.6 Å². The van der Waals surface area contributed by atoms with Crippen molar-refractivity contribution in [2.75, 3.05) is 11.9 Å². The second-order valence-corrected chi connectivity index (χ2v) is 7.06. The lowest BCUT2D eigenvalue weighted by Gasteiger charge is -2.24. The Morgan fingerprint density at radius 1 is 1.48 bits per heavy atom. The summed E-state index contributed by atoms with van der Waals surface area (Å²) < 4.78 is 2.11. The minimum Gasteiger partial charge on any atom is -0.302 e. The van der Waals surface area contributed by atoms with E-state index in [4.69, 9.17) is 0 Å². The number of anilines is 1. The number of rotatable bonds is 5. The predicted octanol–water partition coefficient (Wildman–Crippen LogP) is 2.58. The number of carbonyl (C=O) groups is 1. The maximum Gasteiger partial charge on any atom is 0.223 e. The van der Waals surface area contributed by atoms with Crippen LogP contribution in [-0.2, 0) is 17.9 Å². The summed E-state index contributed by atoms with van der Waals surface area (Å²) in [4.78, 5) is 18.1. The van der Waals surface area contributed by atoms with Crippen LogP contribution in [0.3, 0.4) is 0 Å². The number of nitrogens with one attached hydrogen (secondary N) is 1. The fourth-order valence-electron chi connectivity index (χ4n) is 3.17. The van der Waals surface area contributed by atoms with Crippen LogP contribution in [0, 0.1) is 13.8 Å². The molecule has 1 saturated heterocycles. The highest BCUT2D eigenvalue weighted by Crippen LogP contribution is 2.24. The van der Waals surface area contributed by atoms with Crippen molar-refractivity contribution in [3.8, 4) is 0 Å². The molecule has 3 heterocycles. The predicted molar refractivity (Wildman–Crippen MR) is 91.6 cm³/mol. The topological polar surface area (TPSA) is 63.1 Å². The van der Waals surface area contributed by atoms with Crippen LogP contribution in [-0.4, -0.2) is 38.2 Å². The molecule has 1 aliphatic heterocycles. The van der Waals surface area contributed by atoms with Crippen molar-refractivity contribution in [2.45, 2.75) is 52.7 Å². The first kappa shape index (κ1) is 16.1. The molecule has 1 aliphatic rings. The zero-order chi connectivity index (χ0) is 16.4. The zero-order valence-corrected chi connectivity index (χ0v) is 14.7. The first-order chi connectivity index (χ1) is 11.0. The van der Waals surface area contributed by atoms with Crippen molar-refractivity contribution in [1.82, 2.24) is 19.7 Å². The third-order valence-corrected chi connectivity index (χ3v) is 4.99.